The van der Waals surface area contributed by atoms with Crippen molar-refractivity contribution >= 4 is 37.4 Å². The minimum Gasteiger partial charge on any atom is -0.379 e. The van der Waals surface area contributed by atoms with Gasteiger partial charge in [-0.15, -0.1) is 11.3 Å². The third kappa shape index (κ3) is 4.32. The molecule has 1 N–H and O–H groups in total. The van der Waals surface area contributed by atoms with Gasteiger partial charge in [-0.2, -0.15) is 4.31 Å². The lowest BCUT2D eigenvalue weighted by Crippen LogP contribution is -2.46. The van der Waals surface area contributed by atoms with Gasteiger partial charge >= 0.3 is 0 Å². The second kappa shape index (κ2) is 8.90. The van der Waals surface area contributed by atoms with Gasteiger partial charge in [0.1, 0.15) is 17.0 Å². The highest BCUT2D eigenvalue weighted by atomic mass is 32.2. The molecule has 10 heteroatoms. The summed E-state index contributed by atoms with van der Waals surface area (Å²) in [5, 5.41) is 4.72. The Balaban J connectivity index is 1.33. The first-order valence-corrected chi connectivity index (χ1v) is 13.8. The van der Waals surface area contributed by atoms with E-state index in [2.05, 4.69) is 20.2 Å². The van der Waals surface area contributed by atoms with E-state index in [-0.39, 0.29) is 5.75 Å². The zero-order chi connectivity index (χ0) is 21.4. The Kier molecular flexibility index (Phi) is 6.17. The van der Waals surface area contributed by atoms with Crippen molar-refractivity contribution in [1.29, 1.82) is 0 Å². The van der Waals surface area contributed by atoms with Crippen molar-refractivity contribution in [3.05, 3.63) is 16.8 Å². The quantitative estimate of drug-likeness (QED) is 0.726. The van der Waals surface area contributed by atoms with E-state index < -0.39 is 10.0 Å². The fourth-order valence-corrected chi connectivity index (χ4v) is 7.34. The van der Waals surface area contributed by atoms with Crippen LogP contribution in [0.3, 0.4) is 0 Å². The second-order valence-corrected chi connectivity index (χ2v) is 12.0. The number of hydrogen-bond donors (Lipinski definition) is 1. The summed E-state index contributed by atoms with van der Waals surface area (Å²) in [6.07, 6.45) is 7.00. The number of fused-ring (bicyclic) bond motifs is 3. The normalized spacial score (nSPS) is 26.1. The van der Waals surface area contributed by atoms with Crippen LogP contribution in [0.2, 0.25) is 0 Å². The summed E-state index contributed by atoms with van der Waals surface area (Å²) in [5.41, 5.74) is 1.09. The number of morpholine rings is 1. The van der Waals surface area contributed by atoms with E-state index in [1.807, 2.05) is 0 Å². The number of aromatic nitrogens is 2. The standard InChI is InChI=1S/C21H31N5O3S2/c1-2-31(27,28)26-8-7-18-17(13-26)19-20(22-14-23-21(19)30-18)24-15-3-5-16(6-4-15)25-9-11-29-12-10-25/h14-16H,2-13H2,1H3,(H,22,23,24)/t15-,16-. The highest BCUT2D eigenvalue weighted by molar-refractivity contribution is 7.89. The molecule has 0 unspecified atom stereocenters. The Morgan fingerprint density at radius 2 is 1.94 bits per heavy atom. The molecule has 2 aliphatic heterocycles. The number of hydrogen-bond acceptors (Lipinski definition) is 8. The van der Waals surface area contributed by atoms with Gasteiger partial charge in [0.25, 0.3) is 0 Å². The molecule has 1 saturated carbocycles. The van der Waals surface area contributed by atoms with Crippen LogP contribution in [0.5, 0.6) is 0 Å². The van der Waals surface area contributed by atoms with Gasteiger partial charge in [0.05, 0.1) is 24.4 Å². The summed E-state index contributed by atoms with van der Waals surface area (Å²) in [6.45, 7) is 6.49. The van der Waals surface area contributed by atoms with Crippen molar-refractivity contribution in [2.24, 2.45) is 0 Å². The zero-order valence-corrected chi connectivity index (χ0v) is 19.7. The molecule has 0 bridgehead atoms. The van der Waals surface area contributed by atoms with Crippen LogP contribution >= 0.6 is 11.3 Å². The van der Waals surface area contributed by atoms with Gasteiger partial charge in [0.15, 0.2) is 0 Å². The van der Waals surface area contributed by atoms with Crippen molar-refractivity contribution in [2.45, 2.75) is 57.7 Å². The van der Waals surface area contributed by atoms with Crippen LogP contribution in [-0.4, -0.2) is 78.3 Å². The Morgan fingerprint density at radius 3 is 2.68 bits per heavy atom. The van der Waals surface area contributed by atoms with Crippen LogP contribution in [0, 0.1) is 0 Å². The molecule has 0 aromatic carbocycles. The van der Waals surface area contributed by atoms with E-state index in [0.29, 0.717) is 25.2 Å². The SMILES string of the molecule is CCS(=O)(=O)N1CCc2sc3ncnc(N[C@H]4CC[C@H](N5CCOCC5)CC4)c3c2C1. The summed E-state index contributed by atoms with van der Waals surface area (Å²) in [6, 6.07) is 1.05. The average molecular weight is 466 g/mol. The molecule has 2 aromatic heterocycles. The molecular formula is C21H31N5O3S2. The van der Waals surface area contributed by atoms with Crippen molar-refractivity contribution < 1.29 is 13.2 Å². The summed E-state index contributed by atoms with van der Waals surface area (Å²) in [4.78, 5) is 13.9. The molecule has 4 heterocycles. The lowest BCUT2D eigenvalue weighted by Gasteiger charge is -2.39. The third-order valence-corrected chi connectivity index (χ3v) is 9.98. The van der Waals surface area contributed by atoms with E-state index >= 15 is 0 Å². The predicted molar refractivity (Wildman–Crippen MR) is 123 cm³/mol. The van der Waals surface area contributed by atoms with Gasteiger partial charge in [0, 0.05) is 43.1 Å². The number of ether oxygens (including phenoxy) is 1. The molecule has 0 radical (unpaired) electrons. The van der Waals surface area contributed by atoms with Gasteiger partial charge < -0.3 is 10.1 Å². The molecule has 31 heavy (non-hydrogen) atoms. The number of thiophene rings is 1. The van der Waals surface area contributed by atoms with Gasteiger partial charge in [0.2, 0.25) is 10.0 Å². The van der Waals surface area contributed by atoms with E-state index in [0.717, 1.165) is 67.2 Å². The molecule has 0 atom stereocenters. The van der Waals surface area contributed by atoms with Crippen molar-refractivity contribution in [1.82, 2.24) is 19.2 Å². The largest absolute Gasteiger partial charge is 0.379 e. The number of nitrogens with one attached hydrogen (secondary N) is 1. The highest BCUT2D eigenvalue weighted by Gasteiger charge is 2.31. The number of nitrogens with zero attached hydrogens (tertiary/aromatic N) is 4. The molecule has 2 fully saturated rings. The first-order valence-electron chi connectivity index (χ1n) is 11.4. The van der Waals surface area contributed by atoms with Gasteiger partial charge in [-0.05, 0) is 44.6 Å². The van der Waals surface area contributed by atoms with Crippen molar-refractivity contribution in [2.75, 3.05) is 43.9 Å². The molecule has 0 amide bonds. The van der Waals surface area contributed by atoms with Crippen LogP contribution < -0.4 is 5.32 Å². The molecule has 8 nitrogen and oxygen atoms in total. The minimum absolute atomic E-state index is 0.137. The van der Waals surface area contributed by atoms with E-state index in [4.69, 9.17) is 4.74 Å². The monoisotopic (exact) mass is 465 g/mol. The fourth-order valence-electron chi connectivity index (χ4n) is 5.14. The average Bonchev–Trinajstić information content (AvgIpc) is 3.19. The number of sulfonamides is 1. The van der Waals surface area contributed by atoms with Crippen molar-refractivity contribution in [3.63, 3.8) is 0 Å². The topological polar surface area (TPSA) is 87.7 Å². The Labute approximate surface area is 188 Å². The Bertz CT molecular complexity index is 1030. The molecule has 0 spiro atoms. The fraction of sp³-hybridized carbons (Fsp3) is 0.714. The molecule has 1 saturated heterocycles. The maximum absolute atomic E-state index is 12.5. The van der Waals surface area contributed by atoms with Gasteiger partial charge in [-0.1, -0.05) is 0 Å². The highest BCUT2D eigenvalue weighted by Crippen LogP contribution is 2.38. The smallest absolute Gasteiger partial charge is 0.214 e. The maximum atomic E-state index is 12.5. The van der Waals surface area contributed by atoms with Crippen LogP contribution in [-0.2, 0) is 27.7 Å². The maximum Gasteiger partial charge on any atom is 0.214 e. The lowest BCUT2D eigenvalue weighted by molar-refractivity contribution is 0.00791. The first-order chi connectivity index (χ1) is 15.0. The molecule has 170 valence electrons. The first kappa shape index (κ1) is 21.5. The molecule has 1 aliphatic carbocycles. The van der Waals surface area contributed by atoms with Gasteiger partial charge in [-0.3, -0.25) is 4.90 Å². The lowest BCUT2D eigenvalue weighted by atomic mass is 9.90. The van der Waals surface area contributed by atoms with E-state index in [1.54, 1.807) is 28.9 Å². The molecular weight excluding hydrogens is 434 g/mol. The van der Waals surface area contributed by atoms with E-state index in [9.17, 15) is 8.42 Å². The zero-order valence-electron chi connectivity index (χ0n) is 18.0. The molecule has 5 rings (SSSR count). The van der Waals surface area contributed by atoms with Crippen molar-refractivity contribution in [3.8, 4) is 0 Å². The van der Waals surface area contributed by atoms with E-state index in [1.165, 1.54) is 17.7 Å². The second-order valence-electron chi connectivity index (χ2n) is 8.69. The Morgan fingerprint density at radius 1 is 1.16 bits per heavy atom. The third-order valence-electron chi connectivity index (χ3n) is 6.95. The summed E-state index contributed by atoms with van der Waals surface area (Å²) in [5.74, 6) is 1.01. The van der Waals surface area contributed by atoms with Gasteiger partial charge in [-0.25, -0.2) is 18.4 Å². The number of anilines is 1. The summed E-state index contributed by atoms with van der Waals surface area (Å²) < 4.78 is 32.0. The van der Waals surface area contributed by atoms with Crippen LogP contribution in [0.15, 0.2) is 6.33 Å². The predicted octanol–water partition coefficient (Wildman–Crippen LogP) is 2.45. The number of rotatable bonds is 5. The van der Waals surface area contributed by atoms with Crippen LogP contribution in [0.25, 0.3) is 10.2 Å². The molecule has 2 aromatic rings. The van der Waals surface area contributed by atoms with Crippen LogP contribution in [0.1, 0.15) is 43.0 Å². The summed E-state index contributed by atoms with van der Waals surface area (Å²) in [7, 11) is -3.20. The minimum atomic E-state index is -3.20. The Hall–Kier alpha value is -1.33. The van der Waals surface area contributed by atoms with Crippen LogP contribution in [0.4, 0.5) is 5.82 Å². The molecule has 3 aliphatic rings. The summed E-state index contributed by atoms with van der Waals surface area (Å²) >= 11 is 1.68.